The van der Waals surface area contributed by atoms with Gasteiger partial charge in [-0.25, -0.2) is 8.96 Å². The van der Waals surface area contributed by atoms with Gasteiger partial charge in [0.2, 0.25) is 0 Å². The molecule has 104 valence electrons. The van der Waals surface area contributed by atoms with E-state index in [1.165, 1.54) is 6.26 Å². The molecule has 1 unspecified atom stereocenters. The summed E-state index contributed by atoms with van der Waals surface area (Å²) in [6, 6.07) is -1.17. The first-order chi connectivity index (χ1) is 8.26. The van der Waals surface area contributed by atoms with E-state index in [1.807, 2.05) is 13.8 Å². The van der Waals surface area contributed by atoms with Crippen molar-refractivity contribution in [2.45, 2.75) is 44.3 Å². The van der Waals surface area contributed by atoms with E-state index in [2.05, 4.69) is 0 Å². The first kappa shape index (κ1) is 16.5. The van der Waals surface area contributed by atoms with Crippen molar-refractivity contribution >= 4 is 26.0 Å². The van der Waals surface area contributed by atoms with Crippen molar-refractivity contribution in [2.24, 2.45) is 0 Å². The summed E-state index contributed by atoms with van der Waals surface area (Å²) < 4.78 is 40.5. The summed E-state index contributed by atoms with van der Waals surface area (Å²) >= 11 is 0.629. The Morgan fingerprint density at radius 2 is 2.22 bits per heavy atom. The molecule has 1 heterocycles. The summed E-state index contributed by atoms with van der Waals surface area (Å²) in [5.74, 6) is 0. The first-order valence-electron chi connectivity index (χ1n) is 5.50. The van der Waals surface area contributed by atoms with Crippen molar-refractivity contribution in [3.8, 4) is 0 Å². The molecule has 5 nitrogen and oxygen atoms in total. The number of ether oxygens (including phenoxy) is 2. The molecule has 1 aliphatic rings. The molecule has 5 atom stereocenters. The van der Waals surface area contributed by atoms with Crippen LogP contribution in [0.3, 0.4) is 0 Å². The molecule has 1 saturated heterocycles. The maximum absolute atomic E-state index is 13.8. The van der Waals surface area contributed by atoms with Crippen molar-refractivity contribution in [1.82, 2.24) is 0 Å². The Kier molecular flexibility index (Phi) is 6.15. The lowest BCUT2D eigenvalue weighted by molar-refractivity contribution is -0.0426. The highest BCUT2D eigenvalue weighted by Gasteiger charge is 2.46. The third-order valence-corrected chi connectivity index (χ3v) is 5.02. The average molecular weight is 298 g/mol. The molecule has 18 heavy (non-hydrogen) atoms. The monoisotopic (exact) mass is 298 g/mol. The van der Waals surface area contributed by atoms with Crippen LogP contribution in [0.15, 0.2) is 0 Å². The molecule has 0 amide bonds. The van der Waals surface area contributed by atoms with Crippen molar-refractivity contribution in [3.63, 3.8) is 0 Å². The fourth-order valence-corrected chi connectivity index (χ4v) is 2.69. The minimum atomic E-state index is -3.89. The predicted molar refractivity (Wildman–Crippen MR) is 68.6 cm³/mol. The zero-order valence-corrected chi connectivity index (χ0v) is 12.2. The summed E-state index contributed by atoms with van der Waals surface area (Å²) in [5.41, 5.74) is 0. The van der Waals surface area contributed by atoms with Crippen LogP contribution in [0.5, 0.6) is 0 Å². The van der Waals surface area contributed by atoms with E-state index in [9.17, 15) is 13.8 Å². The normalized spacial score (nSPS) is 35.9. The molecule has 0 aromatic rings. The second kappa shape index (κ2) is 6.73. The Labute approximate surface area is 111 Å². The van der Waals surface area contributed by atoms with Gasteiger partial charge in [0.05, 0.1) is 18.7 Å². The molecule has 1 aliphatic heterocycles. The molecule has 0 aliphatic carbocycles. The SMILES string of the molecule is [B][C@@H]1O[C@H](COC(C)C)[C@@H](OP(=O)(O)SC)[C@H]1F. The Morgan fingerprint density at radius 3 is 2.72 bits per heavy atom. The number of hydrogen-bond acceptors (Lipinski definition) is 5. The zero-order chi connectivity index (χ0) is 13.9. The smallest absolute Gasteiger partial charge is 0.376 e. The van der Waals surface area contributed by atoms with Gasteiger partial charge in [0.15, 0.2) is 0 Å². The minimum Gasteiger partial charge on any atom is -0.376 e. The van der Waals surface area contributed by atoms with E-state index in [4.69, 9.17) is 21.8 Å². The lowest BCUT2D eigenvalue weighted by atomic mass is 9.94. The van der Waals surface area contributed by atoms with Crippen LogP contribution < -0.4 is 0 Å². The summed E-state index contributed by atoms with van der Waals surface area (Å²) in [6.07, 6.45) is -2.29. The van der Waals surface area contributed by atoms with Crippen molar-refractivity contribution in [1.29, 1.82) is 0 Å². The van der Waals surface area contributed by atoms with Gasteiger partial charge in [-0.05, 0) is 31.5 Å². The largest absolute Gasteiger partial charge is 0.386 e. The lowest BCUT2D eigenvalue weighted by Crippen LogP contribution is -2.34. The van der Waals surface area contributed by atoms with Gasteiger partial charge in [0.1, 0.15) is 26.2 Å². The molecular formula is C9H17BFO5PS. The number of rotatable bonds is 6. The lowest BCUT2D eigenvalue weighted by Gasteiger charge is -2.22. The van der Waals surface area contributed by atoms with E-state index in [-0.39, 0.29) is 12.7 Å². The maximum Gasteiger partial charge on any atom is 0.386 e. The van der Waals surface area contributed by atoms with Crippen LogP contribution in [0, 0.1) is 0 Å². The molecule has 1 N–H and O–H groups in total. The van der Waals surface area contributed by atoms with Gasteiger partial charge >= 0.3 is 6.80 Å². The van der Waals surface area contributed by atoms with Crippen molar-refractivity contribution in [2.75, 3.05) is 12.9 Å². The third kappa shape index (κ3) is 4.51. The van der Waals surface area contributed by atoms with Gasteiger partial charge in [-0.3, -0.25) is 4.52 Å². The highest BCUT2D eigenvalue weighted by Crippen LogP contribution is 2.56. The summed E-state index contributed by atoms with van der Waals surface area (Å²) in [7, 11) is 5.41. The van der Waals surface area contributed by atoms with Crippen LogP contribution in [-0.2, 0) is 18.6 Å². The number of hydrogen-bond donors (Lipinski definition) is 1. The van der Waals surface area contributed by atoms with E-state index < -0.39 is 31.2 Å². The van der Waals surface area contributed by atoms with Gasteiger partial charge < -0.3 is 14.4 Å². The third-order valence-electron chi connectivity index (χ3n) is 2.41. The number of alkyl halides is 1. The summed E-state index contributed by atoms with van der Waals surface area (Å²) in [6.45, 7) is -0.193. The molecule has 0 aromatic heterocycles. The van der Waals surface area contributed by atoms with Gasteiger partial charge in [-0.2, -0.15) is 0 Å². The maximum atomic E-state index is 13.8. The van der Waals surface area contributed by atoms with Gasteiger partial charge in [0, 0.05) is 0 Å². The fraction of sp³-hybridized carbons (Fsp3) is 1.00. The highest BCUT2D eigenvalue weighted by molar-refractivity contribution is 8.54. The van der Waals surface area contributed by atoms with Crippen molar-refractivity contribution < 1.29 is 27.8 Å². The van der Waals surface area contributed by atoms with Crippen LogP contribution in [-0.4, -0.2) is 56.1 Å². The molecule has 2 radical (unpaired) electrons. The zero-order valence-electron chi connectivity index (χ0n) is 10.5. The van der Waals surface area contributed by atoms with E-state index in [1.54, 1.807) is 0 Å². The Hall–Kier alpha value is 0.415. The van der Waals surface area contributed by atoms with Gasteiger partial charge in [0.25, 0.3) is 0 Å². The molecule has 0 saturated carbocycles. The molecule has 1 fully saturated rings. The Morgan fingerprint density at radius 1 is 1.61 bits per heavy atom. The Balaban J connectivity index is 2.67. The first-order valence-corrected chi connectivity index (χ1v) is 8.91. The predicted octanol–water partition coefficient (Wildman–Crippen LogP) is 1.49. The van der Waals surface area contributed by atoms with Crippen LogP contribution in [0.25, 0.3) is 0 Å². The topological polar surface area (TPSA) is 65.0 Å². The van der Waals surface area contributed by atoms with Crippen molar-refractivity contribution in [3.05, 3.63) is 0 Å². The Bertz CT molecular complexity index is 321. The standard InChI is InChI=1S/C9H17BFO5PS/c1-5(2)14-4-6-8(7(11)9(10)15-6)16-17(12,13)18-3/h5-9H,4H2,1-3H3,(H,12,13)/t6-,7-,8-,9-/m1/s1. The van der Waals surface area contributed by atoms with E-state index in [0.29, 0.717) is 11.4 Å². The van der Waals surface area contributed by atoms with Gasteiger partial charge in [-0.15, -0.1) is 0 Å². The van der Waals surface area contributed by atoms with E-state index >= 15 is 0 Å². The average Bonchev–Trinajstić information content (AvgIpc) is 2.54. The van der Waals surface area contributed by atoms with E-state index in [0.717, 1.165) is 0 Å². The minimum absolute atomic E-state index is 0.0604. The van der Waals surface area contributed by atoms with Gasteiger partial charge in [-0.1, -0.05) is 0 Å². The van der Waals surface area contributed by atoms with Crippen LogP contribution in [0.2, 0.25) is 0 Å². The molecule has 0 bridgehead atoms. The quantitative estimate of drug-likeness (QED) is 0.592. The number of halogens is 1. The second-order valence-electron chi connectivity index (χ2n) is 4.19. The molecule has 9 heteroatoms. The molecular weight excluding hydrogens is 281 g/mol. The molecule has 0 spiro atoms. The van der Waals surface area contributed by atoms with Crippen LogP contribution >= 0.6 is 18.2 Å². The molecule has 0 aromatic carbocycles. The fourth-order valence-electron chi connectivity index (χ4n) is 1.49. The van der Waals surface area contributed by atoms with Crippen LogP contribution in [0.1, 0.15) is 13.8 Å². The second-order valence-corrected chi connectivity index (χ2v) is 8.18. The van der Waals surface area contributed by atoms with Crippen LogP contribution in [0.4, 0.5) is 4.39 Å². The highest BCUT2D eigenvalue weighted by atomic mass is 32.7. The summed E-state index contributed by atoms with van der Waals surface area (Å²) in [4.78, 5) is 9.38. The summed E-state index contributed by atoms with van der Waals surface area (Å²) in [5, 5.41) is 0. The molecule has 1 rings (SSSR count).